The lowest BCUT2D eigenvalue weighted by molar-refractivity contribution is -0.131. The largest absolute Gasteiger partial charge is 0.348 e. The molecule has 1 amide bonds. The van der Waals surface area contributed by atoms with Gasteiger partial charge in [-0.3, -0.25) is 13.9 Å². The van der Waals surface area contributed by atoms with E-state index < -0.39 is 39.7 Å². The van der Waals surface area contributed by atoms with E-state index in [1.807, 2.05) is 0 Å². The molecule has 1 atom stereocenters. The summed E-state index contributed by atoms with van der Waals surface area (Å²) in [5.74, 6) is -0.976. The summed E-state index contributed by atoms with van der Waals surface area (Å²) in [6.45, 7) is 0. The predicted octanol–water partition coefficient (Wildman–Crippen LogP) is -1.62. The molecule has 0 aromatic carbocycles. The van der Waals surface area contributed by atoms with Crippen molar-refractivity contribution < 1.29 is 33.5 Å². The molecule has 0 bridgehead atoms. The van der Waals surface area contributed by atoms with Crippen molar-refractivity contribution in [2.75, 3.05) is 12.6 Å². The fraction of sp³-hybridized carbons (Fsp3) is 0.500. The Hall–Kier alpha value is -1.06. The lowest BCUT2D eigenvalue weighted by atomic mass is 10.1. The lowest BCUT2D eigenvalue weighted by Crippen LogP contribution is -2.45. The molecule has 21 heavy (non-hydrogen) atoms. The number of nitrogens with two attached hydrogens (primary N) is 1. The Morgan fingerprint density at radius 2 is 1.81 bits per heavy atom. The SMILES string of the molecule is N[C@@H](Cc1cnc[nH]1)C(=O)N(CP(=O)(O)O)CP(=O)(O)O. The minimum atomic E-state index is -4.69. The summed E-state index contributed by atoms with van der Waals surface area (Å²) in [7, 11) is -9.37. The number of H-pyrrole nitrogens is 1. The monoisotopic (exact) mass is 342 g/mol. The zero-order valence-corrected chi connectivity index (χ0v) is 12.5. The van der Waals surface area contributed by atoms with E-state index in [0.717, 1.165) is 0 Å². The van der Waals surface area contributed by atoms with Gasteiger partial charge in [0.2, 0.25) is 5.91 Å². The van der Waals surface area contributed by atoms with Crippen LogP contribution in [0.3, 0.4) is 0 Å². The van der Waals surface area contributed by atoms with Gasteiger partial charge in [-0.2, -0.15) is 0 Å². The van der Waals surface area contributed by atoms with Crippen molar-refractivity contribution in [3.05, 3.63) is 18.2 Å². The van der Waals surface area contributed by atoms with Crippen LogP contribution in [0.4, 0.5) is 0 Å². The van der Waals surface area contributed by atoms with Crippen LogP contribution in [0.1, 0.15) is 5.69 Å². The summed E-state index contributed by atoms with van der Waals surface area (Å²) < 4.78 is 21.9. The predicted molar refractivity (Wildman–Crippen MR) is 70.9 cm³/mol. The molecule has 120 valence electrons. The minimum absolute atomic E-state index is 0.0162. The van der Waals surface area contributed by atoms with Gasteiger partial charge < -0.3 is 35.2 Å². The fourth-order valence-corrected chi connectivity index (χ4v) is 3.11. The molecule has 1 heterocycles. The lowest BCUT2D eigenvalue weighted by Gasteiger charge is -2.25. The zero-order valence-electron chi connectivity index (χ0n) is 10.7. The van der Waals surface area contributed by atoms with Crippen LogP contribution >= 0.6 is 15.2 Å². The van der Waals surface area contributed by atoms with E-state index in [-0.39, 0.29) is 6.42 Å². The first-order valence-corrected chi connectivity index (χ1v) is 9.18. The van der Waals surface area contributed by atoms with Crippen molar-refractivity contribution in [1.29, 1.82) is 0 Å². The summed E-state index contributed by atoms with van der Waals surface area (Å²) in [6, 6.07) is -1.22. The van der Waals surface area contributed by atoms with E-state index >= 15 is 0 Å². The van der Waals surface area contributed by atoms with Crippen molar-refractivity contribution in [3.63, 3.8) is 0 Å². The van der Waals surface area contributed by atoms with Gasteiger partial charge in [0.1, 0.15) is 12.6 Å². The molecule has 1 rings (SSSR count). The van der Waals surface area contributed by atoms with E-state index in [2.05, 4.69) is 9.97 Å². The first kappa shape index (κ1) is 18.0. The van der Waals surface area contributed by atoms with E-state index in [9.17, 15) is 13.9 Å². The highest BCUT2D eigenvalue weighted by atomic mass is 31.2. The number of aromatic nitrogens is 2. The van der Waals surface area contributed by atoms with Crippen molar-refractivity contribution in [2.45, 2.75) is 12.5 Å². The number of carbonyl (C=O) groups excluding carboxylic acids is 1. The highest BCUT2D eigenvalue weighted by Gasteiger charge is 2.32. The Bertz CT molecular complexity index is 541. The highest BCUT2D eigenvalue weighted by molar-refractivity contribution is 7.52. The van der Waals surface area contributed by atoms with E-state index in [0.29, 0.717) is 10.6 Å². The maximum absolute atomic E-state index is 12.0. The Morgan fingerprint density at radius 3 is 2.19 bits per heavy atom. The van der Waals surface area contributed by atoms with Crippen LogP contribution in [0.25, 0.3) is 0 Å². The Balaban J connectivity index is 2.83. The van der Waals surface area contributed by atoms with Crippen molar-refractivity contribution >= 4 is 21.1 Å². The maximum atomic E-state index is 12.0. The smallest absolute Gasteiger partial charge is 0.344 e. The molecule has 0 unspecified atom stereocenters. The van der Waals surface area contributed by atoms with Gasteiger partial charge in [0.25, 0.3) is 0 Å². The average Bonchev–Trinajstić information content (AvgIpc) is 2.75. The van der Waals surface area contributed by atoms with E-state index in [4.69, 9.17) is 25.3 Å². The molecule has 0 spiro atoms. The Morgan fingerprint density at radius 1 is 1.29 bits per heavy atom. The second kappa shape index (κ2) is 6.80. The Labute approximate surface area is 119 Å². The number of imidazole rings is 1. The standard InChI is InChI=1S/C8H16N4O7P2/c9-7(1-6-2-10-3-11-6)8(13)12(4-20(14,15)16)5-21(17,18)19/h2-3,7H,1,4-5,9H2,(H,10,11)(H2,14,15,16)(H2,17,18,19)/t7-/m0/s1. The maximum Gasteiger partial charge on any atom is 0.344 e. The van der Waals surface area contributed by atoms with Gasteiger partial charge in [0, 0.05) is 18.3 Å². The van der Waals surface area contributed by atoms with Crippen LogP contribution in [0.15, 0.2) is 12.5 Å². The average molecular weight is 342 g/mol. The molecule has 0 fully saturated rings. The quantitative estimate of drug-likeness (QED) is 0.316. The molecular weight excluding hydrogens is 326 g/mol. The molecule has 1 aromatic rings. The normalized spacial score (nSPS) is 14.0. The third kappa shape index (κ3) is 6.96. The van der Waals surface area contributed by atoms with Crippen LogP contribution < -0.4 is 5.73 Å². The summed E-state index contributed by atoms with van der Waals surface area (Å²) in [5.41, 5.74) is 6.11. The van der Waals surface area contributed by atoms with E-state index in [1.165, 1.54) is 12.5 Å². The summed E-state index contributed by atoms with van der Waals surface area (Å²) in [5, 5.41) is 0. The molecule has 7 N–H and O–H groups in total. The molecule has 0 radical (unpaired) electrons. The van der Waals surface area contributed by atoms with E-state index in [1.54, 1.807) is 0 Å². The zero-order chi connectivity index (χ0) is 16.3. The first-order chi connectivity index (χ1) is 9.48. The van der Waals surface area contributed by atoms with Crippen LogP contribution in [0.5, 0.6) is 0 Å². The van der Waals surface area contributed by atoms with Gasteiger partial charge >= 0.3 is 15.2 Å². The van der Waals surface area contributed by atoms with Crippen molar-refractivity contribution in [3.8, 4) is 0 Å². The number of nitrogens with one attached hydrogen (secondary N) is 1. The van der Waals surface area contributed by atoms with Gasteiger partial charge in [-0.15, -0.1) is 0 Å². The third-order valence-corrected chi connectivity index (χ3v) is 3.75. The van der Waals surface area contributed by atoms with Crippen LogP contribution in [-0.4, -0.2) is 59.0 Å². The molecule has 11 nitrogen and oxygen atoms in total. The molecular formula is C8H16N4O7P2. The van der Waals surface area contributed by atoms with Crippen molar-refractivity contribution in [1.82, 2.24) is 14.9 Å². The topological polar surface area (TPSA) is 190 Å². The molecule has 0 saturated carbocycles. The Kier molecular flexibility index (Phi) is 5.83. The molecule has 0 aliphatic carbocycles. The molecule has 13 heteroatoms. The van der Waals surface area contributed by atoms with Gasteiger partial charge in [-0.05, 0) is 0 Å². The van der Waals surface area contributed by atoms with Crippen LogP contribution in [0.2, 0.25) is 0 Å². The number of carbonyl (C=O) groups is 1. The number of rotatable bonds is 7. The van der Waals surface area contributed by atoms with Crippen LogP contribution in [0, 0.1) is 0 Å². The van der Waals surface area contributed by atoms with Crippen molar-refractivity contribution in [2.24, 2.45) is 5.73 Å². The number of amides is 1. The second-order valence-corrected chi connectivity index (χ2v) is 7.60. The summed E-state index contributed by atoms with van der Waals surface area (Å²) in [4.78, 5) is 54.3. The second-order valence-electron chi connectivity index (χ2n) is 4.38. The highest BCUT2D eigenvalue weighted by Crippen LogP contribution is 2.41. The van der Waals surface area contributed by atoms with Gasteiger partial charge in [-0.1, -0.05) is 0 Å². The summed E-state index contributed by atoms with van der Waals surface area (Å²) >= 11 is 0. The van der Waals surface area contributed by atoms with Gasteiger partial charge in [0.15, 0.2) is 0 Å². The van der Waals surface area contributed by atoms with Crippen LogP contribution in [-0.2, 0) is 20.3 Å². The number of aromatic amines is 1. The summed E-state index contributed by atoms with van der Waals surface area (Å²) in [6.07, 6.45) is 0.512. The minimum Gasteiger partial charge on any atom is -0.348 e. The molecule has 0 saturated heterocycles. The fourth-order valence-electron chi connectivity index (χ4n) is 1.58. The first-order valence-electron chi connectivity index (χ1n) is 5.59. The molecule has 1 aromatic heterocycles. The third-order valence-electron chi connectivity index (χ3n) is 2.33. The molecule has 0 aliphatic heterocycles. The number of nitrogens with zero attached hydrogens (tertiary/aromatic N) is 2. The number of hydrogen-bond acceptors (Lipinski definition) is 5. The molecule has 0 aliphatic rings. The van der Waals surface area contributed by atoms with Gasteiger partial charge in [-0.25, -0.2) is 4.98 Å². The van der Waals surface area contributed by atoms with Gasteiger partial charge in [0.05, 0.1) is 12.4 Å². The number of hydrogen-bond donors (Lipinski definition) is 6.